The predicted octanol–water partition coefficient (Wildman–Crippen LogP) is 3.04. The van der Waals surface area contributed by atoms with Gasteiger partial charge < -0.3 is 14.7 Å². The van der Waals surface area contributed by atoms with Crippen molar-refractivity contribution in [3.05, 3.63) is 35.9 Å². The molecule has 4 heteroatoms. The van der Waals surface area contributed by atoms with Crippen LogP contribution in [0, 0.1) is 5.41 Å². The number of carbonyl (C=O) groups excluding carboxylic acids is 1. The Balaban J connectivity index is 1.86. The minimum atomic E-state index is -0.771. The lowest BCUT2D eigenvalue weighted by Crippen LogP contribution is -2.51. The Kier molecular flexibility index (Phi) is 6.41. The second-order valence-electron chi connectivity index (χ2n) is 7.50. The maximum Gasteiger partial charge on any atom is 0.254 e. The van der Waals surface area contributed by atoms with Gasteiger partial charge >= 0.3 is 0 Å². The summed E-state index contributed by atoms with van der Waals surface area (Å²) >= 11 is 0. The highest BCUT2D eigenvalue weighted by Gasteiger charge is 2.39. The van der Waals surface area contributed by atoms with Gasteiger partial charge in [-0.15, -0.1) is 0 Å². The van der Waals surface area contributed by atoms with Crippen molar-refractivity contribution in [3.63, 3.8) is 0 Å². The molecule has 0 unspecified atom stereocenters. The number of hydrogen-bond donors (Lipinski definition) is 1. The molecule has 0 bridgehead atoms. The number of nitrogens with zero attached hydrogens (tertiary/aromatic N) is 1. The van der Waals surface area contributed by atoms with Gasteiger partial charge in [0.2, 0.25) is 0 Å². The van der Waals surface area contributed by atoms with E-state index < -0.39 is 5.60 Å². The van der Waals surface area contributed by atoms with Gasteiger partial charge in [-0.2, -0.15) is 0 Å². The highest BCUT2D eigenvalue weighted by Crippen LogP contribution is 2.36. The van der Waals surface area contributed by atoms with E-state index in [1.54, 1.807) is 7.11 Å². The van der Waals surface area contributed by atoms with Gasteiger partial charge in [0.1, 0.15) is 5.60 Å². The van der Waals surface area contributed by atoms with Gasteiger partial charge in [-0.05, 0) is 56.9 Å². The van der Waals surface area contributed by atoms with Gasteiger partial charge in [-0.1, -0.05) is 30.3 Å². The SMILES string of the molecule is COC(C)(C)C(=O)N1CCC(CO)(CCCc2ccccc2)CC1. The average molecular weight is 333 g/mol. The summed E-state index contributed by atoms with van der Waals surface area (Å²) in [4.78, 5) is 14.4. The molecule has 1 fully saturated rings. The van der Waals surface area contributed by atoms with E-state index in [0.29, 0.717) is 13.1 Å². The highest BCUT2D eigenvalue weighted by molar-refractivity contribution is 5.84. The van der Waals surface area contributed by atoms with E-state index in [4.69, 9.17) is 4.74 Å². The monoisotopic (exact) mass is 333 g/mol. The zero-order valence-electron chi connectivity index (χ0n) is 15.3. The largest absolute Gasteiger partial charge is 0.396 e. The minimum Gasteiger partial charge on any atom is -0.396 e. The molecular weight excluding hydrogens is 302 g/mol. The summed E-state index contributed by atoms with van der Waals surface area (Å²) in [5.41, 5.74) is 0.537. The Hall–Kier alpha value is -1.39. The summed E-state index contributed by atoms with van der Waals surface area (Å²) < 4.78 is 5.30. The summed E-state index contributed by atoms with van der Waals surface area (Å²) in [6.07, 6.45) is 4.85. The summed E-state index contributed by atoms with van der Waals surface area (Å²) in [7, 11) is 1.57. The van der Waals surface area contributed by atoms with Crippen LogP contribution in [-0.4, -0.2) is 48.3 Å². The summed E-state index contributed by atoms with van der Waals surface area (Å²) in [6.45, 7) is 5.23. The van der Waals surface area contributed by atoms with Crippen molar-refractivity contribution >= 4 is 5.91 Å². The average Bonchev–Trinajstić information content (AvgIpc) is 2.62. The first-order chi connectivity index (χ1) is 11.4. The third-order valence-corrected chi connectivity index (χ3v) is 5.49. The molecule has 0 spiro atoms. The van der Waals surface area contributed by atoms with Gasteiger partial charge in [0, 0.05) is 26.8 Å². The number of benzene rings is 1. The van der Waals surface area contributed by atoms with Crippen molar-refractivity contribution in [2.24, 2.45) is 5.41 Å². The lowest BCUT2D eigenvalue weighted by Gasteiger charge is -2.42. The molecule has 0 saturated carbocycles. The standard InChI is InChI=1S/C20H31NO3/c1-19(2,24-3)18(23)21-14-12-20(16-22,13-15-21)11-7-10-17-8-5-4-6-9-17/h4-6,8-9,22H,7,10-16H2,1-3H3. The number of aryl methyl sites for hydroxylation is 1. The fraction of sp³-hybridized carbons (Fsp3) is 0.650. The fourth-order valence-electron chi connectivity index (χ4n) is 3.45. The normalized spacial score (nSPS) is 17.8. The second-order valence-corrected chi connectivity index (χ2v) is 7.50. The van der Waals surface area contributed by atoms with Crippen LogP contribution in [0.3, 0.4) is 0 Å². The Bertz CT molecular complexity index is 519. The van der Waals surface area contributed by atoms with E-state index in [-0.39, 0.29) is 17.9 Å². The number of piperidine rings is 1. The Morgan fingerprint density at radius 3 is 2.42 bits per heavy atom. The van der Waals surface area contributed by atoms with Crippen molar-refractivity contribution in [2.75, 3.05) is 26.8 Å². The lowest BCUT2D eigenvalue weighted by atomic mass is 9.75. The van der Waals surface area contributed by atoms with Crippen molar-refractivity contribution in [1.29, 1.82) is 0 Å². The van der Waals surface area contributed by atoms with Crippen molar-refractivity contribution < 1.29 is 14.6 Å². The Morgan fingerprint density at radius 2 is 1.88 bits per heavy atom. The summed E-state index contributed by atoms with van der Waals surface area (Å²) in [6, 6.07) is 10.5. The molecular formula is C20H31NO3. The minimum absolute atomic E-state index is 0.0389. The van der Waals surface area contributed by atoms with Crippen LogP contribution in [0.1, 0.15) is 45.1 Å². The zero-order valence-corrected chi connectivity index (χ0v) is 15.3. The maximum atomic E-state index is 12.5. The number of aliphatic hydroxyl groups excluding tert-OH is 1. The first kappa shape index (κ1) is 18.9. The smallest absolute Gasteiger partial charge is 0.254 e. The van der Waals surface area contributed by atoms with Crippen LogP contribution in [0.4, 0.5) is 0 Å². The molecule has 0 radical (unpaired) electrons. The van der Waals surface area contributed by atoms with Crippen molar-refractivity contribution in [1.82, 2.24) is 4.90 Å². The topological polar surface area (TPSA) is 49.8 Å². The van der Waals surface area contributed by atoms with Gasteiger partial charge in [0.05, 0.1) is 0 Å². The molecule has 1 aliphatic heterocycles. The van der Waals surface area contributed by atoms with Crippen molar-refractivity contribution in [3.8, 4) is 0 Å². The first-order valence-electron chi connectivity index (χ1n) is 8.92. The molecule has 1 saturated heterocycles. The number of carbonyl (C=O) groups is 1. The number of methoxy groups -OCH3 is 1. The molecule has 2 rings (SSSR count). The van der Waals surface area contributed by atoms with Crippen LogP contribution < -0.4 is 0 Å². The van der Waals surface area contributed by atoms with Crippen LogP contribution in [0.5, 0.6) is 0 Å². The molecule has 0 aromatic heterocycles. The molecule has 1 aliphatic rings. The summed E-state index contributed by atoms with van der Waals surface area (Å²) in [5, 5.41) is 9.94. The number of ether oxygens (including phenoxy) is 1. The molecule has 1 N–H and O–H groups in total. The molecule has 1 aromatic rings. The van der Waals surface area contributed by atoms with E-state index in [1.165, 1.54) is 5.56 Å². The molecule has 1 aromatic carbocycles. The lowest BCUT2D eigenvalue weighted by molar-refractivity contribution is -0.154. The van der Waals surface area contributed by atoms with E-state index in [1.807, 2.05) is 24.8 Å². The third-order valence-electron chi connectivity index (χ3n) is 5.49. The molecule has 0 aliphatic carbocycles. The van der Waals surface area contributed by atoms with E-state index in [9.17, 15) is 9.90 Å². The Labute approximate surface area is 145 Å². The number of amides is 1. The Morgan fingerprint density at radius 1 is 1.25 bits per heavy atom. The van der Waals surface area contributed by atoms with Crippen LogP contribution in [0.25, 0.3) is 0 Å². The fourth-order valence-corrected chi connectivity index (χ4v) is 3.45. The second kappa shape index (κ2) is 8.13. The van der Waals surface area contributed by atoms with Gasteiger partial charge in [-0.3, -0.25) is 4.79 Å². The van der Waals surface area contributed by atoms with Crippen LogP contribution in [0.2, 0.25) is 0 Å². The van der Waals surface area contributed by atoms with Crippen LogP contribution in [-0.2, 0) is 16.0 Å². The van der Waals surface area contributed by atoms with Crippen LogP contribution in [0.15, 0.2) is 30.3 Å². The number of hydrogen-bond acceptors (Lipinski definition) is 3. The van der Waals surface area contributed by atoms with E-state index >= 15 is 0 Å². The maximum absolute atomic E-state index is 12.5. The van der Waals surface area contributed by atoms with E-state index in [0.717, 1.165) is 32.1 Å². The van der Waals surface area contributed by atoms with Crippen LogP contribution >= 0.6 is 0 Å². The highest BCUT2D eigenvalue weighted by atomic mass is 16.5. The molecule has 0 atom stereocenters. The van der Waals surface area contributed by atoms with Crippen molar-refractivity contribution in [2.45, 2.75) is 51.6 Å². The predicted molar refractivity (Wildman–Crippen MR) is 95.8 cm³/mol. The molecule has 134 valence electrons. The van der Waals surface area contributed by atoms with Gasteiger partial charge in [-0.25, -0.2) is 0 Å². The third kappa shape index (κ3) is 4.58. The first-order valence-corrected chi connectivity index (χ1v) is 8.92. The number of rotatable bonds is 7. The summed E-state index contributed by atoms with van der Waals surface area (Å²) in [5.74, 6) is 0.0424. The van der Waals surface area contributed by atoms with Gasteiger partial charge in [0.25, 0.3) is 5.91 Å². The molecule has 24 heavy (non-hydrogen) atoms. The van der Waals surface area contributed by atoms with Gasteiger partial charge in [0.15, 0.2) is 0 Å². The quantitative estimate of drug-likeness (QED) is 0.834. The molecule has 1 amide bonds. The number of likely N-dealkylation sites (tertiary alicyclic amines) is 1. The molecule has 1 heterocycles. The number of aliphatic hydroxyl groups is 1. The zero-order chi connectivity index (χ0) is 17.6. The van der Waals surface area contributed by atoms with E-state index in [2.05, 4.69) is 24.3 Å². The molecule has 4 nitrogen and oxygen atoms in total.